The number of ether oxygens (including phenoxy) is 2. The molecule has 0 radical (unpaired) electrons. The van der Waals surface area contributed by atoms with E-state index in [0.717, 1.165) is 45.3 Å². The van der Waals surface area contributed by atoms with Crippen molar-refractivity contribution < 1.29 is 14.3 Å². The Balaban J connectivity index is 1.24. The van der Waals surface area contributed by atoms with Gasteiger partial charge >= 0.3 is 5.97 Å². The van der Waals surface area contributed by atoms with Crippen LogP contribution in [0.3, 0.4) is 0 Å². The molecule has 34 heavy (non-hydrogen) atoms. The third-order valence-corrected chi connectivity index (χ3v) is 7.83. The molecule has 188 valence electrons. The van der Waals surface area contributed by atoms with E-state index in [0.29, 0.717) is 26.2 Å². The average Bonchev–Trinajstić information content (AvgIpc) is 3.57. The molecule has 0 saturated carbocycles. The minimum absolute atomic E-state index is 0.0837. The number of esters is 1. The van der Waals surface area contributed by atoms with Crippen molar-refractivity contribution in [3.63, 3.8) is 0 Å². The number of hydrogen-bond donors (Lipinski definition) is 0. The van der Waals surface area contributed by atoms with Crippen molar-refractivity contribution in [1.29, 1.82) is 0 Å². The molecule has 0 atom stereocenters. The predicted octanol–water partition coefficient (Wildman–Crippen LogP) is 7.41. The normalized spacial score (nSPS) is 14.4. The fourth-order valence-electron chi connectivity index (χ4n) is 4.49. The van der Waals surface area contributed by atoms with Crippen LogP contribution in [0.25, 0.3) is 5.57 Å². The monoisotopic (exact) mass is 503 g/mol. The van der Waals surface area contributed by atoms with E-state index in [1.807, 2.05) is 0 Å². The lowest BCUT2D eigenvalue weighted by Crippen LogP contribution is -2.34. The molecule has 0 aromatic carbocycles. The second-order valence-corrected chi connectivity index (χ2v) is 10.6. The number of rotatable bonds is 16. The molecule has 3 rings (SSSR count). The topological polar surface area (TPSA) is 38.8 Å². The van der Waals surface area contributed by atoms with Gasteiger partial charge in [-0.25, -0.2) is 0 Å². The molecule has 0 amide bonds. The van der Waals surface area contributed by atoms with E-state index < -0.39 is 0 Å². The first kappa shape index (κ1) is 27.1. The fourth-order valence-corrected chi connectivity index (χ4v) is 5.79. The lowest BCUT2D eigenvalue weighted by molar-refractivity contribution is -0.145. The van der Waals surface area contributed by atoms with Gasteiger partial charge in [-0.15, -0.1) is 0 Å². The molecule has 2 aromatic rings. The molecule has 0 aliphatic carbocycles. The Labute approximate surface area is 214 Å². The summed E-state index contributed by atoms with van der Waals surface area (Å²) in [6.07, 6.45) is 11.3. The Morgan fingerprint density at radius 1 is 0.882 bits per heavy atom. The van der Waals surface area contributed by atoms with Gasteiger partial charge in [0.1, 0.15) is 6.61 Å². The lowest BCUT2D eigenvalue weighted by atomic mass is 9.91. The molecule has 0 N–H and O–H groups in total. The summed E-state index contributed by atoms with van der Waals surface area (Å²) < 4.78 is 11.0. The van der Waals surface area contributed by atoms with Crippen LogP contribution < -0.4 is 0 Å². The molecule has 0 spiro atoms. The number of carbonyl (C=O) groups excluding carboxylic acids is 1. The Bertz CT molecular complexity index is 784. The third-order valence-electron chi connectivity index (χ3n) is 6.46. The van der Waals surface area contributed by atoms with Gasteiger partial charge in [0.2, 0.25) is 0 Å². The summed E-state index contributed by atoms with van der Waals surface area (Å²) in [6.45, 7) is 6.86. The van der Waals surface area contributed by atoms with Crippen molar-refractivity contribution in [2.45, 2.75) is 71.1 Å². The van der Waals surface area contributed by atoms with E-state index >= 15 is 0 Å². The van der Waals surface area contributed by atoms with Gasteiger partial charge in [0.15, 0.2) is 0 Å². The quantitative estimate of drug-likeness (QED) is 0.177. The van der Waals surface area contributed by atoms with E-state index in [4.69, 9.17) is 9.47 Å². The molecular formula is C28H41NO3S2. The van der Waals surface area contributed by atoms with Gasteiger partial charge in [-0.2, -0.15) is 22.7 Å². The zero-order valence-corrected chi connectivity index (χ0v) is 22.4. The summed E-state index contributed by atoms with van der Waals surface area (Å²) in [5.74, 6) is -0.0837. The number of unbranched alkanes of at least 4 members (excludes halogenated alkanes) is 6. The second-order valence-electron chi connectivity index (χ2n) is 9.05. The van der Waals surface area contributed by atoms with E-state index in [1.165, 1.54) is 48.8 Å². The summed E-state index contributed by atoms with van der Waals surface area (Å²) in [7, 11) is 0. The molecule has 4 nitrogen and oxygen atoms in total. The Morgan fingerprint density at radius 2 is 1.53 bits per heavy atom. The van der Waals surface area contributed by atoms with Crippen molar-refractivity contribution in [3.05, 3.63) is 50.4 Å². The lowest BCUT2D eigenvalue weighted by Gasteiger charge is -2.29. The van der Waals surface area contributed by atoms with Gasteiger partial charge < -0.3 is 14.4 Å². The minimum Gasteiger partial charge on any atom is -0.463 e. The van der Waals surface area contributed by atoms with E-state index in [1.54, 1.807) is 28.2 Å². The standard InChI is InChI=1S/C28H41NO3S2/c1-2-3-4-5-6-7-8-9-27(30)32-19-18-31-17-16-29-14-10-24(11-15-29)28(25-12-20-33-22-25)26-13-21-34-23-26/h12-13,20-23H,2-11,14-19H2,1H3. The Hall–Kier alpha value is -1.47. The van der Waals surface area contributed by atoms with Crippen LogP contribution in [0.2, 0.25) is 0 Å². The first-order valence-corrected chi connectivity index (χ1v) is 14.9. The molecule has 1 aliphatic heterocycles. The summed E-state index contributed by atoms with van der Waals surface area (Å²) in [6, 6.07) is 4.48. The predicted molar refractivity (Wildman–Crippen MR) is 145 cm³/mol. The number of carbonyl (C=O) groups is 1. The molecule has 1 saturated heterocycles. The van der Waals surface area contributed by atoms with Crippen molar-refractivity contribution in [3.8, 4) is 0 Å². The molecule has 1 aliphatic rings. The number of likely N-dealkylation sites (tertiary alicyclic amines) is 1. The number of nitrogens with zero attached hydrogens (tertiary/aromatic N) is 1. The SMILES string of the molecule is CCCCCCCCCC(=O)OCCOCCN1CCC(=C(c2ccsc2)c2ccsc2)CC1. The van der Waals surface area contributed by atoms with Crippen LogP contribution in [-0.4, -0.2) is 50.3 Å². The van der Waals surface area contributed by atoms with Gasteiger partial charge in [0, 0.05) is 26.1 Å². The van der Waals surface area contributed by atoms with Gasteiger partial charge in [0.05, 0.1) is 13.2 Å². The zero-order valence-electron chi connectivity index (χ0n) is 20.8. The molecule has 2 aromatic heterocycles. The first-order chi connectivity index (χ1) is 16.8. The van der Waals surface area contributed by atoms with Crippen LogP contribution in [-0.2, 0) is 14.3 Å². The molecule has 3 heterocycles. The van der Waals surface area contributed by atoms with Gasteiger partial charge in [-0.3, -0.25) is 4.79 Å². The van der Waals surface area contributed by atoms with Gasteiger partial charge in [0.25, 0.3) is 0 Å². The minimum atomic E-state index is -0.0837. The van der Waals surface area contributed by atoms with Gasteiger partial charge in [-0.1, -0.05) is 51.0 Å². The van der Waals surface area contributed by atoms with Crippen LogP contribution in [0.15, 0.2) is 39.2 Å². The van der Waals surface area contributed by atoms with Crippen molar-refractivity contribution in [2.75, 3.05) is 39.5 Å². The summed E-state index contributed by atoms with van der Waals surface area (Å²) in [5.41, 5.74) is 5.73. The molecule has 0 bridgehead atoms. The maximum absolute atomic E-state index is 11.8. The third kappa shape index (κ3) is 9.65. The maximum atomic E-state index is 11.8. The molecule has 0 unspecified atom stereocenters. The highest BCUT2D eigenvalue weighted by atomic mass is 32.1. The van der Waals surface area contributed by atoms with E-state index in [-0.39, 0.29) is 5.97 Å². The highest BCUT2D eigenvalue weighted by molar-refractivity contribution is 7.08. The highest BCUT2D eigenvalue weighted by Gasteiger charge is 2.19. The smallest absolute Gasteiger partial charge is 0.305 e. The van der Waals surface area contributed by atoms with E-state index in [2.05, 4.69) is 45.5 Å². The first-order valence-electron chi connectivity index (χ1n) is 13.0. The average molecular weight is 504 g/mol. The molecule has 6 heteroatoms. The Morgan fingerprint density at radius 3 is 2.15 bits per heavy atom. The summed E-state index contributed by atoms with van der Waals surface area (Å²) in [5, 5.41) is 8.87. The van der Waals surface area contributed by atoms with Crippen molar-refractivity contribution in [2.24, 2.45) is 0 Å². The van der Waals surface area contributed by atoms with Crippen LogP contribution >= 0.6 is 22.7 Å². The number of thiophene rings is 2. The Kier molecular flexibility index (Phi) is 13.0. The van der Waals surface area contributed by atoms with Gasteiger partial charge in [-0.05, 0) is 69.6 Å². The molecular weight excluding hydrogens is 462 g/mol. The highest BCUT2D eigenvalue weighted by Crippen LogP contribution is 2.34. The zero-order chi connectivity index (χ0) is 23.8. The number of hydrogen-bond acceptors (Lipinski definition) is 6. The maximum Gasteiger partial charge on any atom is 0.305 e. The van der Waals surface area contributed by atoms with Crippen LogP contribution in [0.5, 0.6) is 0 Å². The van der Waals surface area contributed by atoms with Crippen molar-refractivity contribution >= 4 is 34.2 Å². The van der Waals surface area contributed by atoms with Crippen LogP contribution in [0.1, 0.15) is 82.3 Å². The fraction of sp³-hybridized carbons (Fsp3) is 0.607. The van der Waals surface area contributed by atoms with Crippen LogP contribution in [0, 0.1) is 0 Å². The van der Waals surface area contributed by atoms with Crippen LogP contribution in [0.4, 0.5) is 0 Å². The second kappa shape index (κ2) is 16.2. The van der Waals surface area contributed by atoms with Crippen molar-refractivity contribution in [1.82, 2.24) is 4.90 Å². The number of piperidine rings is 1. The van der Waals surface area contributed by atoms with E-state index in [9.17, 15) is 4.79 Å². The largest absolute Gasteiger partial charge is 0.463 e. The summed E-state index contributed by atoms with van der Waals surface area (Å²) in [4.78, 5) is 14.3. The summed E-state index contributed by atoms with van der Waals surface area (Å²) >= 11 is 3.54. The molecule has 1 fully saturated rings.